The molecule has 0 aliphatic carbocycles. The molecule has 0 bridgehead atoms. The van der Waals surface area contributed by atoms with Gasteiger partial charge in [0.15, 0.2) is 0 Å². The van der Waals surface area contributed by atoms with Crippen LogP contribution in [0.4, 0.5) is 22.7 Å². The number of nitrogens with zero attached hydrogens (tertiary/aromatic N) is 2. The Labute approximate surface area is 202 Å². The highest BCUT2D eigenvalue weighted by Crippen LogP contribution is 2.37. The summed E-state index contributed by atoms with van der Waals surface area (Å²) in [5, 5.41) is 23.9. The van der Waals surface area contributed by atoms with Gasteiger partial charge in [-0.3, -0.25) is 19.5 Å². The van der Waals surface area contributed by atoms with Gasteiger partial charge < -0.3 is 10.4 Å². The number of nitro benzene ring substituents is 1. The molecule has 0 spiro atoms. The molecule has 0 saturated heterocycles. The summed E-state index contributed by atoms with van der Waals surface area (Å²) < 4.78 is 22.8. The van der Waals surface area contributed by atoms with Crippen molar-refractivity contribution in [2.75, 3.05) is 9.62 Å². The van der Waals surface area contributed by atoms with Crippen molar-refractivity contribution in [3.05, 3.63) is 113 Å². The van der Waals surface area contributed by atoms with Crippen molar-refractivity contribution in [2.24, 2.45) is 0 Å². The first kappa shape index (κ1) is 23.6. The first-order valence-electron chi connectivity index (χ1n) is 10.3. The minimum atomic E-state index is -2.62. The maximum absolute atomic E-state index is 12.8. The minimum Gasteiger partial charge on any atom is -0.506 e. The summed E-state index contributed by atoms with van der Waals surface area (Å²) in [6.07, 6.45) is 0. The van der Waals surface area contributed by atoms with Gasteiger partial charge in [-0.1, -0.05) is 42.5 Å². The monoisotopic (exact) mass is 489 g/mol. The molecule has 0 fully saturated rings. The number of non-ortho nitro benzene ring substituents is 1. The van der Waals surface area contributed by atoms with Gasteiger partial charge in [-0.25, -0.2) is 8.51 Å². The standard InChI is InChI=1S/C25H19N3O6S/c29-24-15-10-20(16-23(24)27(35(33)34)21-11-13-22(14-12-21)28(31)32)26-25(30)19-8-6-18(7-9-19)17-4-2-1-3-5-17/h1-16,29H,(H,26,30)(H,33,34). The van der Waals surface area contributed by atoms with Gasteiger partial charge in [0.1, 0.15) is 11.4 Å². The molecule has 0 saturated carbocycles. The van der Waals surface area contributed by atoms with Crippen molar-refractivity contribution in [3.63, 3.8) is 0 Å². The number of benzene rings is 4. The lowest BCUT2D eigenvalue weighted by Crippen LogP contribution is -2.20. The normalized spacial score (nSPS) is 11.5. The molecule has 0 radical (unpaired) electrons. The number of aromatic hydroxyl groups is 1. The van der Waals surface area contributed by atoms with Crippen LogP contribution in [0, 0.1) is 10.1 Å². The fourth-order valence-corrected chi connectivity index (χ4v) is 4.05. The van der Waals surface area contributed by atoms with Crippen molar-refractivity contribution in [2.45, 2.75) is 0 Å². The number of nitrogens with one attached hydrogen (secondary N) is 1. The number of carbonyl (C=O) groups is 1. The molecule has 9 nitrogen and oxygen atoms in total. The molecular formula is C25H19N3O6S. The van der Waals surface area contributed by atoms with Crippen LogP contribution in [0.1, 0.15) is 10.4 Å². The molecule has 1 unspecified atom stereocenters. The zero-order chi connectivity index (χ0) is 24.9. The Balaban J connectivity index is 1.58. The minimum absolute atomic E-state index is 0.0723. The molecule has 35 heavy (non-hydrogen) atoms. The summed E-state index contributed by atoms with van der Waals surface area (Å²) in [6, 6.07) is 25.7. The summed E-state index contributed by atoms with van der Waals surface area (Å²) >= 11 is -2.62. The van der Waals surface area contributed by atoms with E-state index in [0.29, 0.717) is 5.56 Å². The molecule has 1 amide bonds. The Morgan fingerprint density at radius 2 is 1.51 bits per heavy atom. The van der Waals surface area contributed by atoms with E-state index < -0.39 is 22.1 Å². The second kappa shape index (κ2) is 10.2. The number of carbonyl (C=O) groups excluding carboxylic acids is 1. The van der Waals surface area contributed by atoms with Crippen LogP contribution >= 0.6 is 0 Å². The molecule has 4 aromatic carbocycles. The molecule has 10 heteroatoms. The van der Waals surface area contributed by atoms with Gasteiger partial charge in [-0.15, -0.1) is 0 Å². The molecule has 3 N–H and O–H groups in total. The van der Waals surface area contributed by atoms with Gasteiger partial charge in [0.2, 0.25) is 0 Å². The second-order valence-electron chi connectivity index (χ2n) is 7.40. The third kappa shape index (κ3) is 5.35. The van der Waals surface area contributed by atoms with Crippen LogP contribution in [0.15, 0.2) is 97.1 Å². The average Bonchev–Trinajstić information content (AvgIpc) is 2.87. The highest BCUT2D eigenvalue weighted by molar-refractivity contribution is 7.81. The van der Waals surface area contributed by atoms with Crippen LogP contribution in [0.5, 0.6) is 5.75 Å². The zero-order valence-corrected chi connectivity index (χ0v) is 18.9. The summed E-state index contributed by atoms with van der Waals surface area (Å²) in [6.45, 7) is 0. The van der Waals surface area contributed by atoms with Crippen molar-refractivity contribution in [1.29, 1.82) is 0 Å². The smallest absolute Gasteiger partial charge is 0.269 e. The van der Waals surface area contributed by atoms with Crippen LogP contribution in [-0.4, -0.2) is 24.7 Å². The van der Waals surface area contributed by atoms with Crippen LogP contribution in [-0.2, 0) is 11.3 Å². The molecular weight excluding hydrogens is 470 g/mol. The van der Waals surface area contributed by atoms with Gasteiger partial charge in [-0.05, 0) is 53.6 Å². The van der Waals surface area contributed by atoms with E-state index in [9.17, 15) is 28.8 Å². The van der Waals surface area contributed by atoms with E-state index in [-0.39, 0.29) is 28.5 Å². The highest BCUT2D eigenvalue weighted by Gasteiger charge is 2.21. The molecule has 1 atom stereocenters. The average molecular weight is 490 g/mol. The zero-order valence-electron chi connectivity index (χ0n) is 18.1. The summed E-state index contributed by atoms with van der Waals surface area (Å²) in [7, 11) is 0. The fraction of sp³-hybridized carbons (Fsp3) is 0. The maximum atomic E-state index is 12.8. The highest BCUT2D eigenvalue weighted by atomic mass is 32.2. The molecule has 0 aromatic heterocycles. The van der Waals surface area contributed by atoms with Gasteiger partial charge >= 0.3 is 0 Å². The van der Waals surface area contributed by atoms with Crippen molar-refractivity contribution < 1.29 is 23.6 Å². The van der Waals surface area contributed by atoms with Crippen LogP contribution in [0.25, 0.3) is 11.1 Å². The number of nitro groups is 1. The molecule has 0 aliphatic heterocycles. The Hall–Kier alpha value is -4.54. The molecule has 4 aromatic rings. The number of phenolic OH excluding ortho intramolecular Hbond substituents is 1. The van der Waals surface area contributed by atoms with Gasteiger partial charge in [0, 0.05) is 23.4 Å². The number of anilines is 3. The Kier molecular flexibility index (Phi) is 6.86. The Morgan fingerprint density at radius 1 is 0.886 bits per heavy atom. The van der Waals surface area contributed by atoms with Gasteiger partial charge in [-0.2, -0.15) is 0 Å². The summed E-state index contributed by atoms with van der Waals surface area (Å²) in [5.74, 6) is -0.732. The summed E-state index contributed by atoms with van der Waals surface area (Å²) in [5.41, 5.74) is 2.51. The second-order valence-corrected chi connectivity index (χ2v) is 8.23. The number of hydrogen-bond donors (Lipinski definition) is 3. The topological polar surface area (TPSA) is 133 Å². The number of phenols is 1. The number of hydrogen-bond acceptors (Lipinski definition) is 5. The molecule has 4 rings (SSSR count). The number of rotatable bonds is 7. The summed E-state index contributed by atoms with van der Waals surface area (Å²) in [4.78, 5) is 23.1. The predicted molar refractivity (Wildman–Crippen MR) is 134 cm³/mol. The lowest BCUT2D eigenvalue weighted by atomic mass is 10.0. The van der Waals surface area contributed by atoms with Crippen molar-refractivity contribution in [1.82, 2.24) is 0 Å². The first-order valence-corrected chi connectivity index (χ1v) is 11.4. The largest absolute Gasteiger partial charge is 0.506 e. The third-order valence-electron chi connectivity index (χ3n) is 5.16. The Morgan fingerprint density at radius 3 is 2.11 bits per heavy atom. The first-order chi connectivity index (χ1) is 16.8. The molecule has 176 valence electrons. The van der Waals surface area contributed by atoms with Crippen molar-refractivity contribution in [3.8, 4) is 16.9 Å². The van der Waals surface area contributed by atoms with E-state index in [1.165, 1.54) is 42.5 Å². The predicted octanol–water partition coefficient (Wildman–Crippen LogP) is 5.49. The van der Waals surface area contributed by atoms with E-state index in [2.05, 4.69) is 5.32 Å². The quantitative estimate of drug-likeness (QED) is 0.136. The lowest BCUT2D eigenvalue weighted by Gasteiger charge is -2.21. The maximum Gasteiger partial charge on any atom is 0.269 e. The fourth-order valence-electron chi connectivity index (χ4n) is 3.43. The SMILES string of the molecule is O=C(Nc1ccc(O)c(N(c2ccc([N+](=O)[O-])cc2)S(=O)O)c1)c1ccc(-c2ccccc2)cc1. The van der Waals surface area contributed by atoms with E-state index >= 15 is 0 Å². The van der Waals surface area contributed by atoms with Crippen LogP contribution in [0.2, 0.25) is 0 Å². The Bertz CT molecular complexity index is 1390. The van der Waals surface area contributed by atoms with Gasteiger partial charge in [0.05, 0.1) is 10.6 Å². The third-order valence-corrected chi connectivity index (χ3v) is 5.88. The van der Waals surface area contributed by atoms with Gasteiger partial charge in [0.25, 0.3) is 22.9 Å². The van der Waals surface area contributed by atoms with E-state index in [4.69, 9.17) is 0 Å². The van der Waals surface area contributed by atoms with Crippen LogP contribution in [0.3, 0.4) is 0 Å². The van der Waals surface area contributed by atoms with E-state index in [0.717, 1.165) is 15.4 Å². The lowest BCUT2D eigenvalue weighted by molar-refractivity contribution is -0.384. The number of amides is 1. The molecule has 0 heterocycles. The van der Waals surface area contributed by atoms with Crippen molar-refractivity contribution >= 4 is 39.9 Å². The molecule has 0 aliphatic rings. The van der Waals surface area contributed by atoms with E-state index in [1.807, 2.05) is 42.5 Å². The van der Waals surface area contributed by atoms with Crippen LogP contribution < -0.4 is 9.62 Å². The van der Waals surface area contributed by atoms with E-state index in [1.54, 1.807) is 12.1 Å².